The van der Waals surface area contributed by atoms with E-state index in [9.17, 15) is 0 Å². The Morgan fingerprint density at radius 3 is 2.50 bits per heavy atom. The van der Waals surface area contributed by atoms with E-state index in [2.05, 4.69) is 24.5 Å². The van der Waals surface area contributed by atoms with Crippen LogP contribution in [0.5, 0.6) is 0 Å². The lowest BCUT2D eigenvalue weighted by molar-refractivity contribution is 0.169. The molecule has 2 atom stereocenters. The third-order valence-electron chi connectivity index (χ3n) is 3.15. The largest absolute Gasteiger partial charge is 0.311 e. The molecule has 1 unspecified atom stereocenters. The van der Waals surface area contributed by atoms with Crippen LogP contribution < -0.4 is 10.6 Å². The molecule has 70 valence electrons. The Morgan fingerprint density at radius 2 is 1.75 bits per heavy atom. The van der Waals surface area contributed by atoms with E-state index in [1.807, 2.05) is 0 Å². The number of hydrogen-bond acceptors (Lipinski definition) is 2. The Kier molecular flexibility index (Phi) is 2.13. The van der Waals surface area contributed by atoms with Crippen molar-refractivity contribution < 1.29 is 0 Å². The molecule has 1 aliphatic carbocycles. The molecule has 0 aromatic heterocycles. The van der Waals surface area contributed by atoms with E-state index in [-0.39, 0.29) is 0 Å². The smallest absolute Gasteiger partial charge is 0.0252 e. The van der Waals surface area contributed by atoms with E-state index in [0.29, 0.717) is 5.54 Å². The lowest BCUT2D eigenvalue weighted by Gasteiger charge is -2.45. The van der Waals surface area contributed by atoms with Gasteiger partial charge >= 0.3 is 0 Å². The van der Waals surface area contributed by atoms with Gasteiger partial charge in [-0.1, -0.05) is 12.8 Å². The molecular weight excluding hydrogens is 148 g/mol. The molecule has 0 amide bonds. The molecule has 2 nitrogen and oxygen atoms in total. The second kappa shape index (κ2) is 3.00. The molecular formula is C10H20N2. The molecule has 0 bridgehead atoms. The van der Waals surface area contributed by atoms with Crippen molar-refractivity contribution >= 4 is 0 Å². The average Bonchev–Trinajstić information content (AvgIpc) is 2.02. The van der Waals surface area contributed by atoms with Crippen molar-refractivity contribution in [2.75, 3.05) is 6.54 Å². The summed E-state index contributed by atoms with van der Waals surface area (Å²) < 4.78 is 0. The molecule has 1 saturated carbocycles. The summed E-state index contributed by atoms with van der Waals surface area (Å²) >= 11 is 0. The maximum atomic E-state index is 3.73. The summed E-state index contributed by atoms with van der Waals surface area (Å²) in [5, 5.41) is 7.38. The van der Waals surface area contributed by atoms with Crippen molar-refractivity contribution in [3.05, 3.63) is 0 Å². The third-order valence-corrected chi connectivity index (χ3v) is 3.15. The number of piperazine rings is 1. The zero-order valence-electron chi connectivity index (χ0n) is 8.19. The summed E-state index contributed by atoms with van der Waals surface area (Å²) in [6, 6.07) is 1.49. The Hall–Kier alpha value is -0.0800. The van der Waals surface area contributed by atoms with Gasteiger partial charge in [0, 0.05) is 24.2 Å². The van der Waals surface area contributed by atoms with Gasteiger partial charge in [0.05, 0.1) is 0 Å². The van der Waals surface area contributed by atoms with Crippen LogP contribution in [0.3, 0.4) is 0 Å². The highest BCUT2D eigenvalue weighted by Crippen LogP contribution is 2.23. The van der Waals surface area contributed by atoms with Crippen molar-refractivity contribution in [3.63, 3.8) is 0 Å². The normalized spacial score (nSPS) is 40.5. The summed E-state index contributed by atoms with van der Waals surface area (Å²) in [4.78, 5) is 0. The summed E-state index contributed by atoms with van der Waals surface area (Å²) in [5.74, 6) is 0. The highest BCUT2D eigenvalue weighted by atomic mass is 15.1. The van der Waals surface area contributed by atoms with E-state index < -0.39 is 0 Å². The van der Waals surface area contributed by atoms with Crippen molar-refractivity contribution in [1.29, 1.82) is 0 Å². The van der Waals surface area contributed by atoms with Crippen molar-refractivity contribution in [3.8, 4) is 0 Å². The van der Waals surface area contributed by atoms with Crippen LogP contribution in [0.25, 0.3) is 0 Å². The minimum atomic E-state index is 0.304. The number of rotatable bonds is 0. The van der Waals surface area contributed by atoms with Crippen LogP contribution >= 0.6 is 0 Å². The van der Waals surface area contributed by atoms with Crippen LogP contribution in [0.4, 0.5) is 0 Å². The molecule has 2 fully saturated rings. The van der Waals surface area contributed by atoms with E-state index >= 15 is 0 Å². The topological polar surface area (TPSA) is 24.1 Å². The van der Waals surface area contributed by atoms with Gasteiger partial charge in [0.15, 0.2) is 0 Å². The fraction of sp³-hybridized carbons (Fsp3) is 1.00. The van der Waals surface area contributed by atoms with Crippen LogP contribution in [0.1, 0.15) is 39.5 Å². The molecule has 2 aliphatic rings. The summed E-state index contributed by atoms with van der Waals surface area (Å²) in [7, 11) is 0. The van der Waals surface area contributed by atoms with Gasteiger partial charge in [-0.15, -0.1) is 0 Å². The molecule has 1 heterocycles. The van der Waals surface area contributed by atoms with Crippen LogP contribution in [0.15, 0.2) is 0 Å². The molecule has 0 radical (unpaired) electrons. The highest BCUT2D eigenvalue weighted by Gasteiger charge is 2.34. The summed E-state index contributed by atoms with van der Waals surface area (Å²) in [6.45, 7) is 5.68. The van der Waals surface area contributed by atoms with Crippen LogP contribution in [0.2, 0.25) is 0 Å². The van der Waals surface area contributed by atoms with Gasteiger partial charge in [0.1, 0.15) is 0 Å². The Bertz CT molecular complexity index is 165. The van der Waals surface area contributed by atoms with Crippen LogP contribution in [0, 0.1) is 0 Å². The molecule has 0 aromatic carbocycles. The van der Waals surface area contributed by atoms with E-state index in [1.54, 1.807) is 0 Å². The molecule has 2 rings (SSSR count). The molecule has 0 spiro atoms. The van der Waals surface area contributed by atoms with Gasteiger partial charge in [-0.25, -0.2) is 0 Å². The second-order valence-electron chi connectivity index (χ2n) is 4.91. The molecule has 2 N–H and O–H groups in total. The Labute approximate surface area is 75.1 Å². The standard InChI is InChI=1S/C10H20N2/c1-10(2)7-11-8-5-3-4-6-9(8)12-10/h8-9,11-12H,3-7H2,1-2H3/t8-,9?/m0/s1. The molecule has 1 saturated heterocycles. The van der Waals surface area contributed by atoms with Gasteiger partial charge in [-0.3, -0.25) is 0 Å². The monoisotopic (exact) mass is 168 g/mol. The minimum Gasteiger partial charge on any atom is -0.311 e. The Morgan fingerprint density at radius 1 is 1.08 bits per heavy atom. The molecule has 12 heavy (non-hydrogen) atoms. The number of fused-ring (bicyclic) bond motifs is 1. The highest BCUT2D eigenvalue weighted by molar-refractivity contribution is 4.98. The van der Waals surface area contributed by atoms with Crippen LogP contribution in [-0.4, -0.2) is 24.2 Å². The fourth-order valence-electron chi connectivity index (χ4n) is 2.49. The summed E-state index contributed by atoms with van der Waals surface area (Å²) in [5.41, 5.74) is 0.304. The van der Waals surface area contributed by atoms with Gasteiger partial charge in [-0.2, -0.15) is 0 Å². The maximum absolute atomic E-state index is 3.73. The first-order valence-electron chi connectivity index (χ1n) is 5.18. The predicted octanol–water partition coefficient (Wildman–Crippen LogP) is 1.27. The lowest BCUT2D eigenvalue weighted by atomic mass is 9.85. The maximum Gasteiger partial charge on any atom is 0.0252 e. The zero-order valence-corrected chi connectivity index (χ0v) is 8.19. The van der Waals surface area contributed by atoms with Crippen LogP contribution in [-0.2, 0) is 0 Å². The molecule has 1 aliphatic heterocycles. The van der Waals surface area contributed by atoms with E-state index in [0.717, 1.165) is 18.6 Å². The molecule has 0 aromatic rings. The van der Waals surface area contributed by atoms with Gasteiger partial charge in [-0.05, 0) is 26.7 Å². The van der Waals surface area contributed by atoms with E-state index in [4.69, 9.17) is 0 Å². The van der Waals surface area contributed by atoms with Gasteiger partial charge in [0.2, 0.25) is 0 Å². The van der Waals surface area contributed by atoms with E-state index in [1.165, 1.54) is 25.7 Å². The first-order valence-corrected chi connectivity index (χ1v) is 5.18. The van der Waals surface area contributed by atoms with Gasteiger partial charge in [0.25, 0.3) is 0 Å². The summed E-state index contributed by atoms with van der Waals surface area (Å²) in [6.07, 6.45) is 5.55. The number of hydrogen-bond donors (Lipinski definition) is 2. The fourth-order valence-corrected chi connectivity index (χ4v) is 2.49. The van der Waals surface area contributed by atoms with Crippen molar-refractivity contribution in [1.82, 2.24) is 10.6 Å². The average molecular weight is 168 g/mol. The second-order valence-corrected chi connectivity index (χ2v) is 4.91. The van der Waals surface area contributed by atoms with Crippen molar-refractivity contribution in [2.45, 2.75) is 57.2 Å². The number of nitrogens with one attached hydrogen (secondary N) is 2. The predicted molar refractivity (Wildman–Crippen MR) is 51.3 cm³/mol. The first-order chi connectivity index (χ1) is 5.67. The SMILES string of the molecule is CC1(C)CN[C@H]2CCCCC2N1. The van der Waals surface area contributed by atoms with Gasteiger partial charge < -0.3 is 10.6 Å². The van der Waals surface area contributed by atoms with Crippen molar-refractivity contribution in [2.24, 2.45) is 0 Å². The minimum absolute atomic E-state index is 0.304. The quantitative estimate of drug-likeness (QED) is 0.569. The third kappa shape index (κ3) is 1.64. The Balaban J connectivity index is 1.99. The first kappa shape index (κ1) is 8.52. The molecule has 2 heteroatoms. The zero-order chi connectivity index (χ0) is 8.60. The lowest BCUT2D eigenvalue weighted by Crippen LogP contribution is -2.66.